The molecule has 0 aliphatic heterocycles. The van der Waals surface area contributed by atoms with Crippen LogP contribution in [0.2, 0.25) is 0 Å². The van der Waals surface area contributed by atoms with Crippen LogP contribution in [0, 0.1) is 0 Å². The van der Waals surface area contributed by atoms with Gasteiger partial charge in [0.05, 0.1) is 17.3 Å². The minimum atomic E-state index is -0.435. The number of carbonyl (C=O) groups is 1. The van der Waals surface area contributed by atoms with Gasteiger partial charge in [-0.05, 0) is 64.8 Å². The van der Waals surface area contributed by atoms with E-state index >= 15 is 0 Å². The Balaban J connectivity index is 1.57. The van der Waals surface area contributed by atoms with Gasteiger partial charge < -0.3 is 19.5 Å². The lowest BCUT2D eigenvalue weighted by Gasteiger charge is -2.15. The number of benzene rings is 3. The predicted molar refractivity (Wildman–Crippen MR) is 129 cm³/mol. The maximum atomic E-state index is 11.9. The summed E-state index contributed by atoms with van der Waals surface area (Å²) in [6, 6.07) is 21.9. The first kappa shape index (κ1) is 23.1. The van der Waals surface area contributed by atoms with Crippen LogP contribution in [-0.4, -0.2) is 32.1 Å². The van der Waals surface area contributed by atoms with Crippen molar-refractivity contribution < 1.29 is 19.0 Å². The highest BCUT2D eigenvalue weighted by Crippen LogP contribution is 2.36. The van der Waals surface area contributed by atoms with Gasteiger partial charge in [-0.25, -0.2) is 10.2 Å². The van der Waals surface area contributed by atoms with E-state index in [0.717, 1.165) is 11.3 Å². The van der Waals surface area contributed by atoms with Crippen molar-refractivity contribution in [1.29, 1.82) is 0 Å². The van der Waals surface area contributed by atoms with E-state index in [2.05, 4.69) is 31.8 Å². The molecule has 0 atom stereocenters. The summed E-state index contributed by atoms with van der Waals surface area (Å²) in [6.45, 7) is 3.11. The zero-order valence-corrected chi connectivity index (χ0v) is 19.2. The fourth-order valence-corrected chi connectivity index (χ4v) is 3.31. The molecule has 0 aromatic heterocycles. The van der Waals surface area contributed by atoms with Gasteiger partial charge in [0.1, 0.15) is 19.0 Å². The second kappa shape index (κ2) is 12.4. The molecule has 32 heavy (non-hydrogen) atoms. The molecule has 7 nitrogen and oxygen atoms in total. The molecule has 8 heteroatoms. The molecule has 0 unspecified atom stereocenters. The fourth-order valence-electron chi connectivity index (χ4n) is 2.73. The van der Waals surface area contributed by atoms with E-state index in [1.165, 1.54) is 6.21 Å². The molecule has 3 aromatic carbocycles. The van der Waals surface area contributed by atoms with E-state index in [-0.39, 0.29) is 0 Å². The van der Waals surface area contributed by atoms with Crippen LogP contribution in [-0.2, 0) is 0 Å². The summed E-state index contributed by atoms with van der Waals surface area (Å²) in [5.41, 5.74) is 3.85. The average Bonchev–Trinajstić information content (AvgIpc) is 2.79. The van der Waals surface area contributed by atoms with Gasteiger partial charge in [0.15, 0.2) is 11.5 Å². The lowest BCUT2D eigenvalue weighted by atomic mass is 10.2. The fraction of sp³-hybridized carbons (Fsp3) is 0.167. The van der Waals surface area contributed by atoms with Crippen molar-refractivity contribution in [2.45, 2.75) is 6.92 Å². The minimum absolute atomic E-state index is 0.349. The molecule has 3 aromatic rings. The van der Waals surface area contributed by atoms with E-state index in [4.69, 9.17) is 14.2 Å². The van der Waals surface area contributed by atoms with Crippen LogP contribution in [0.15, 0.2) is 82.4 Å². The van der Waals surface area contributed by atoms with Crippen LogP contribution < -0.4 is 25.0 Å². The molecule has 166 valence electrons. The third kappa shape index (κ3) is 7.31. The molecule has 0 fully saturated rings. The van der Waals surface area contributed by atoms with E-state index < -0.39 is 6.03 Å². The SMILES string of the molecule is CCOc1cc(/C=N\NC(=O)Nc2ccccc2)cc(Br)c1OCCOc1ccccc1. The number of para-hydroxylation sites is 2. The summed E-state index contributed by atoms with van der Waals surface area (Å²) in [5, 5.41) is 6.69. The largest absolute Gasteiger partial charge is 0.490 e. The molecule has 0 aliphatic rings. The molecule has 3 rings (SSSR count). The molecule has 0 heterocycles. The Bertz CT molecular complexity index is 1030. The number of amides is 2. The Morgan fingerprint density at radius 3 is 2.38 bits per heavy atom. The quantitative estimate of drug-likeness (QED) is 0.221. The van der Waals surface area contributed by atoms with Crippen LogP contribution in [0.3, 0.4) is 0 Å². The third-order valence-electron chi connectivity index (χ3n) is 4.08. The molecule has 0 aliphatic carbocycles. The Labute approximate surface area is 195 Å². The molecule has 2 amide bonds. The second-order valence-electron chi connectivity index (χ2n) is 6.46. The van der Waals surface area contributed by atoms with Gasteiger partial charge in [0.25, 0.3) is 0 Å². The molecule has 0 saturated carbocycles. The van der Waals surface area contributed by atoms with E-state index in [0.29, 0.717) is 41.5 Å². The first-order valence-corrected chi connectivity index (χ1v) is 10.9. The highest BCUT2D eigenvalue weighted by molar-refractivity contribution is 9.10. The van der Waals surface area contributed by atoms with Crippen molar-refractivity contribution in [1.82, 2.24) is 5.43 Å². The summed E-state index contributed by atoms with van der Waals surface area (Å²) < 4.78 is 18.0. The van der Waals surface area contributed by atoms with Gasteiger partial charge in [-0.3, -0.25) is 0 Å². The van der Waals surface area contributed by atoms with Crippen LogP contribution >= 0.6 is 15.9 Å². The summed E-state index contributed by atoms with van der Waals surface area (Å²) in [5.74, 6) is 1.93. The Morgan fingerprint density at radius 2 is 1.66 bits per heavy atom. The topological polar surface area (TPSA) is 81.2 Å². The number of ether oxygens (including phenoxy) is 3. The highest BCUT2D eigenvalue weighted by atomic mass is 79.9. The normalized spacial score (nSPS) is 10.6. The summed E-state index contributed by atoms with van der Waals surface area (Å²) in [4.78, 5) is 11.9. The smallest absolute Gasteiger partial charge is 0.339 e. The van der Waals surface area contributed by atoms with Crippen molar-refractivity contribution in [3.8, 4) is 17.2 Å². The number of hydrogen-bond acceptors (Lipinski definition) is 5. The third-order valence-corrected chi connectivity index (χ3v) is 4.67. The van der Waals surface area contributed by atoms with Gasteiger partial charge in [0.2, 0.25) is 0 Å². The lowest BCUT2D eigenvalue weighted by molar-refractivity contribution is 0.207. The van der Waals surface area contributed by atoms with Gasteiger partial charge in [0, 0.05) is 5.69 Å². The number of nitrogens with zero attached hydrogens (tertiary/aromatic N) is 1. The van der Waals surface area contributed by atoms with Crippen molar-refractivity contribution in [2.24, 2.45) is 5.10 Å². The molecule has 0 spiro atoms. The zero-order chi connectivity index (χ0) is 22.6. The van der Waals surface area contributed by atoms with Crippen molar-refractivity contribution in [2.75, 3.05) is 25.1 Å². The molecule has 0 bridgehead atoms. The number of carbonyl (C=O) groups excluding carboxylic acids is 1. The monoisotopic (exact) mass is 497 g/mol. The summed E-state index contributed by atoms with van der Waals surface area (Å²) >= 11 is 3.52. The average molecular weight is 498 g/mol. The van der Waals surface area contributed by atoms with Gasteiger partial charge in [-0.15, -0.1) is 0 Å². The Morgan fingerprint density at radius 1 is 0.969 bits per heavy atom. The van der Waals surface area contributed by atoms with E-state index in [9.17, 15) is 4.79 Å². The Hall–Kier alpha value is -3.52. The number of hydrazone groups is 1. The number of halogens is 1. The van der Waals surface area contributed by atoms with Crippen LogP contribution in [0.4, 0.5) is 10.5 Å². The Kier molecular flexibility index (Phi) is 8.94. The number of anilines is 1. The molecular formula is C24H24BrN3O4. The van der Waals surface area contributed by atoms with Crippen LogP contribution in [0.1, 0.15) is 12.5 Å². The number of hydrogen-bond donors (Lipinski definition) is 2. The predicted octanol–water partition coefficient (Wildman–Crippen LogP) is 5.46. The highest BCUT2D eigenvalue weighted by Gasteiger charge is 2.12. The lowest BCUT2D eigenvalue weighted by Crippen LogP contribution is -2.24. The van der Waals surface area contributed by atoms with Gasteiger partial charge in [-0.2, -0.15) is 5.10 Å². The maximum absolute atomic E-state index is 11.9. The van der Waals surface area contributed by atoms with E-state index in [1.807, 2.05) is 61.5 Å². The van der Waals surface area contributed by atoms with Crippen LogP contribution in [0.5, 0.6) is 17.2 Å². The number of nitrogens with one attached hydrogen (secondary N) is 2. The zero-order valence-electron chi connectivity index (χ0n) is 17.6. The first-order valence-electron chi connectivity index (χ1n) is 10.1. The minimum Gasteiger partial charge on any atom is -0.490 e. The molecule has 2 N–H and O–H groups in total. The second-order valence-corrected chi connectivity index (χ2v) is 7.32. The summed E-state index contributed by atoms with van der Waals surface area (Å²) in [6.07, 6.45) is 1.53. The van der Waals surface area contributed by atoms with Gasteiger partial charge in [-0.1, -0.05) is 36.4 Å². The van der Waals surface area contributed by atoms with Crippen molar-refractivity contribution in [3.63, 3.8) is 0 Å². The summed E-state index contributed by atoms with van der Waals surface area (Å²) in [7, 11) is 0. The number of rotatable bonds is 10. The van der Waals surface area contributed by atoms with Crippen molar-refractivity contribution >= 4 is 33.9 Å². The van der Waals surface area contributed by atoms with Gasteiger partial charge >= 0.3 is 6.03 Å². The first-order chi connectivity index (χ1) is 15.7. The number of urea groups is 1. The maximum Gasteiger partial charge on any atom is 0.339 e. The molecule has 0 radical (unpaired) electrons. The van der Waals surface area contributed by atoms with Crippen molar-refractivity contribution in [3.05, 3.63) is 82.8 Å². The molecular weight excluding hydrogens is 474 g/mol. The van der Waals surface area contributed by atoms with E-state index in [1.54, 1.807) is 18.2 Å². The van der Waals surface area contributed by atoms with Crippen LogP contribution in [0.25, 0.3) is 0 Å². The standard InChI is InChI=1S/C24H24BrN3O4/c1-2-30-22-16-18(17-26-28-24(29)27-19-9-5-3-6-10-19)15-21(25)23(22)32-14-13-31-20-11-7-4-8-12-20/h3-12,15-17H,2,13-14H2,1H3,(H2,27,28,29)/b26-17-. The molecule has 0 saturated heterocycles.